The van der Waals surface area contributed by atoms with E-state index < -0.39 is 5.97 Å². The van der Waals surface area contributed by atoms with Crippen LogP contribution in [-0.4, -0.2) is 38.7 Å². The number of carbonyl (C=O) groups is 2. The Bertz CT molecular complexity index is 792. The lowest BCUT2D eigenvalue weighted by atomic mass is 10.2. The molecule has 2 aromatic rings. The van der Waals surface area contributed by atoms with Gasteiger partial charge >= 0.3 is 5.97 Å². The highest BCUT2D eigenvalue weighted by Gasteiger charge is 2.18. The summed E-state index contributed by atoms with van der Waals surface area (Å²) in [6, 6.07) is 6.89. The molecule has 0 aliphatic heterocycles. The van der Waals surface area contributed by atoms with Gasteiger partial charge in [-0.2, -0.15) is 0 Å². The maximum Gasteiger partial charge on any atom is 0.338 e. The second-order valence-corrected chi connectivity index (χ2v) is 7.89. The van der Waals surface area contributed by atoms with Gasteiger partial charge in [-0.3, -0.25) is 4.79 Å². The van der Waals surface area contributed by atoms with Crippen molar-refractivity contribution in [3.8, 4) is 11.5 Å². The van der Waals surface area contributed by atoms with E-state index in [2.05, 4.69) is 5.32 Å². The maximum absolute atomic E-state index is 12.3. The largest absolute Gasteiger partial charge is 0.493 e. The number of ether oxygens (including phenoxy) is 3. The van der Waals surface area contributed by atoms with Crippen LogP contribution >= 0.6 is 22.9 Å². The third-order valence-electron chi connectivity index (χ3n) is 3.63. The van der Waals surface area contributed by atoms with Gasteiger partial charge in [-0.25, -0.2) is 4.79 Å². The number of thiophene rings is 1. The Morgan fingerprint density at radius 3 is 2.71 bits per heavy atom. The Morgan fingerprint density at radius 2 is 2.07 bits per heavy atom. The first kappa shape index (κ1) is 22.0. The van der Waals surface area contributed by atoms with Gasteiger partial charge in [0.25, 0.3) is 5.91 Å². The average Bonchev–Trinajstić information content (AvgIpc) is 3.17. The number of halogens is 1. The van der Waals surface area contributed by atoms with Crippen LogP contribution in [0.2, 0.25) is 5.02 Å². The van der Waals surface area contributed by atoms with E-state index in [-0.39, 0.29) is 23.1 Å². The standard InChI is InChI=1S/C20H24ClNO5S/c1-13(2)11-26-19-16(21)9-14(10-17(19)25-3)20(24)27-12-18(23)22-7-6-15-5-4-8-28-15/h4-5,8-10,13H,6-7,11-12H2,1-3H3,(H,22,23). The molecule has 0 spiro atoms. The monoisotopic (exact) mass is 425 g/mol. The molecule has 6 nitrogen and oxygen atoms in total. The fraction of sp³-hybridized carbons (Fsp3) is 0.400. The highest BCUT2D eigenvalue weighted by Crippen LogP contribution is 2.36. The van der Waals surface area contributed by atoms with Crippen LogP contribution < -0.4 is 14.8 Å². The van der Waals surface area contributed by atoms with E-state index in [1.807, 2.05) is 31.4 Å². The summed E-state index contributed by atoms with van der Waals surface area (Å²) in [6.07, 6.45) is 0.738. The summed E-state index contributed by atoms with van der Waals surface area (Å²) in [5.74, 6) is -0.00569. The molecule has 1 aromatic heterocycles. The van der Waals surface area contributed by atoms with Gasteiger partial charge in [0.15, 0.2) is 18.1 Å². The van der Waals surface area contributed by atoms with Crippen molar-refractivity contribution in [3.63, 3.8) is 0 Å². The van der Waals surface area contributed by atoms with Crippen LogP contribution in [0.4, 0.5) is 0 Å². The Balaban J connectivity index is 1.88. The fourth-order valence-electron chi connectivity index (χ4n) is 2.27. The zero-order valence-electron chi connectivity index (χ0n) is 16.1. The molecule has 1 amide bonds. The van der Waals surface area contributed by atoms with E-state index in [0.29, 0.717) is 30.6 Å². The Labute approximate surface area is 173 Å². The molecule has 2 rings (SSSR count). The minimum absolute atomic E-state index is 0.185. The summed E-state index contributed by atoms with van der Waals surface area (Å²) < 4.78 is 16.0. The van der Waals surface area contributed by atoms with Crippen LogP contribution in [0.1, 0.15) is 29.1 Å². The summed E-state index contributed by atoms with van der Waals surface area (Å²) >= 11 is 7.86. The zero-order chi connectivity index (χ0) is 20.5. The van der Waals surface area contributed by atoms with Crippen LogP contribution in [0.3, 0.4) is 0 Å². The number of benzene rings is 1. The van der Waals surface area contributed by atoms with Crippen molar-refractivity contribution in [3.05, 3.63) is 45.1 Å². The van der Waals surface area contributed by atoms with E-state index >= 15 is 0 Å². The molecule has 0 aliphatic carbocycles. The molecule has 1 N–H and O–H groups in total. The normalized spacial score (nSPS) is 10.6. The SMILES string of the molecule is COc1cc(C(=O)OCC(=O)NCCc2cccs2)cc(Cl)c1OCC(C)C. The smallest absolute Gasteiger partial charge is 0.338 e. The van der Waals surface area contributed by atoms with Crippen molar-refractivity contribution in [2.75, 3.05) is 26.9 Å². The van der Waals surface area contributed by atoms with Gasteiger partial charge in [0, 0.05) is 11.4 Å². The lowest BCUT2D eigenvalue weighted by Gasteiger charge is -2.15. The van der Waals surface area contributed by atoms with E-state index in [4.69, 9.17) is 25.8 Å². The summed E-state index contributed by atoms with van der Waals surface area (Å²) in [6.45, 7) is 4.61. The molecule has 0 aliphatic rings. The van der Waals surface area contributed by atoms with Crippen LogP contribution in [0.25, 0.3) is 0 Å². The van der Waals surface area contributed by atoms with E-state index in [1.165, 1.54) is 24.1 Å². The first-order valence-corrected chi connectivity index (χ1v) is 10.1. The van der Waals surface area contributed by atoms with Crippen LogP contribution in [-0.2, 0) is 16.0 Å². The second-order valence-electron chi connectivity index (χ2n) is 6.45. The molecule has 0 atom stereocenters. The van der Waals surface area contributed by atoms with Crippen molar-refractivity contribution >= 4 is 34.8 Å². The minimum atomic E-state index is -0.663. The molecule has 0 radical (unpaired) electrons. The van der Waals surface area contributed by atoms with Gasteiger partial charge in [-0.05, 0) is 35.9 Å². The predicted octanol–water partition coefficient (Wildman–Crippen LogP) is 3.96. The summed E-state index contributed by atoms with van der Waals surface area (Å²) in [4.78, 5) is 25.3. The summed E-state index contributed by atoms with van der Waals surface area (Å²) in [7, 11) is 1.46. The zero-order valence-corrected chi connectivity index (χ0v) is 17.7. The summed E-state index contributed by atoms with van der Waals surface area (Å²) in [5, 5.41) is 4.94. The molecule has 0 unspecified atom stereocenters. The Morgan fingerprint density at radius 1 is 1.29 bits per heavy atom. The maximum atomic E-state index is 12.3. The van der Waals surface area contributed by atoms with Gasteiger partial charge < -0.3 is 19.5 Å². The highest BCUT2D eigenvalue weighted by molar-refractivity contribution is 7.09. The number of hydrogen-bond acceptors (Lipinski definition) is 6. The van der Waals surface area contributed by atoms with E-state index in [9.17, 15) is 9.59 Å². The van der Waals surface area contributed by atoms with Gasteiger partial charge in [-0.1, -0.05) is 31.5 Å². The predicted molar refractivity (Wildman–Crippen MR) is 110 cm³/mol. The number of methoxy groups -OCH3 is 1. The lowest BCUT2D eigenvalue weighted by Crippen LogP contribution is -2.30. The van der Waals surface area contributed by atoms with Crippen molar-refractivity contribution in [2.45, 2.75) is 20.3 Å². The van der Waals surface area contributed by atoms with Gasteiger partial charge in [0.1, 0.15) is 0 Å². The topological polar surface area (TPSA) is 73.9 Å². The first-order chi connectivity index (χ1) is 13.4. The molecular weight excluding hydrogens is 402 g/mol. The highest BCUT2D eigenvalue weighted by atomic mass is 35.5. The molecule has 28 heavy (non-hydrogen) atoms. The fourth-order valence-corrected chi connectivity index (χ4v) is 3.25. The van der Waals surface area contributed by atoms with Gasteiger partial charge in [-0.15, -0.1) is 11.3 Å². The molecule has 0 saturated heterocycles. The molecular formula is C20H24ClNO5S. The third kappa shape index (κ3) is 6.73. The Hall–Kier alpha value is -2.25. The van der Waals surface area contributed by atoms with Crippen LogP contribution in [0.15, 0.2) is 29.6 Å². The van der Waals surface area contributed by atoms with Crippen molar-refractivity contribution in [1.29, 1.82) is 0 Å². The molecule has 0 bridgehead atoms. The quantitative estimate of drug-likeness (QED) is 0.583. The molecule has 0 fully saturated rings. The van der Waals surface area contributed by atoms with Gasteiger partial charge in [0.05, 0.1) is 24.3 Å². The molecule has 1 heterocycles. The van der Waals surface area contributed by atoms with Crippen molar-refractivity contribution in [2.24, 2.45) is 5.92 Å². The van der Waals surface area contributed by atoms with Crippen molar-refractivity contribution < 1.29 is 23.8 Å². The van der Waals surface area contributed by atoms with E-state index in [0.717, 1.165) is 6.42 Å². The number of hydrogen-bond donors (Lipinski definition) is 1. The van der Waals surface area contributed by atoms with Crippen molar-refractivity contribution in [1.82, 2.24) is 5.32 Å². The number of rotatable bonds is 10. The van der Waals surface area contributed by atoms with Crippen LogP contribution in [0.5, 0.6) is 11.5 Å². The second kappa shape index (κ2) is 10.9. The molecule has 152 valence electrons. The first-order valence-electron chi connectivity index (χ1n) is 8.87. The van der Waals surface area contributed by atoms with Gasteiger partial charge in [0.2, 0.25) is 0 Å². The number of amides is 1. The number of nitrogens with one attached hydrogen (secondary N) is 1. The Kier molecular flexibility index (Phi) is 8.60. The summed E-state index contributed by atoms with van der Waals surface area (Å²) in [5.41, 5.74) is 0.185. The third-order valence-corrected chi connectivity index (χ3v) is 4.85. The molecule has 0 saturated carbocycles. The average molecular weight is 426 g/mol. The minimum Gasteiger partial charge on any atom is -0.493 e. The number of esters is 1. The molecule has 1 aromatic carbocycles. The lowest BCUT2D eigenvalue weighted by molar-refractivity contribution is -0.124. The number of carbonyl (C=O) groups excluding carboxylic acids is 2. The van der Waals surface area contributed by atoms with E-state index in [1.54, 1.807) is 11.3 Å². The van der Waals surface area contributed by atoms with Crippen LogP contribution in [0, 0.1) is 5.92 Å². The molecule has 8 heteroatoms.